The van der Waals surface area contributed by atoms with E-state index in [1.54, 1.807) is 12.2 Å². The number of allylic oxidation sites excluding steroid dienone is 4. The normalized spacial score (nSPS) is 27.7. The van der Waals surface area contributed by atoms with Crippen LogP contribution in [0.4, 0.5) is 4.39 Å². The molecule has 88 valence electrons. The van der Waals surface area contributed by atoms with Gasteiger partial charge in [-0.05, 0) is 31.1 Å². The van der Waals surface area contributed by atoms with Crippen molar-refractivity contribution < 1.29 is 9.18 Å². The summed E-state index contributed by atoms with van der Waals surface area (Å²) in [6.07, 6.45) is 5.57. The molecule has 0 aromatic heterocycles. The Morgan fingerprint density at radius 2 is 2.18 bits per heavy atom. The molecule has 0 fully saturated rings. The topological polar surface area (TPSA) is 17.1 Å². The molecule has 2 atom stereocenters. The first-order chi connectivity index (χ1) is 8.03. The van der Waals surface area contributed by atoms with E-state index in [0.717, 1.165) is 16.7 Å². The number of carbonyl (C=O) groups excluding carboxylic acids is 1. The molecule has 0 aliphatic heterocycles. The van der Waals surface area contributed by atoms with Crippen molar-refractivity contribution in [2.45, 2.75) is 19.5 Å². The predicted octanol–water partition coefficient (Wildman–Crippen LogP) is 3.49. The van der Waals surface area contributed by atoms with E-state index in [-0.39, 0.29) is 0 Å². The summed E-state index contributed by atoms with van der Waals surface area (Å²) in [5, 5.41) is 0. The highest BCUT2D eigenvalue weighted by molar-refractivity contribution is 5.80. The Balaban J connectivity index is 2.39. The molecule has 2 rings (SSSR count). The maximum Gasteiger partial charge on any atom is 0.139 e. The molecule has 1 aromatic carbocycles. The fourth-order valence-electron chi connectivity index (χ4n) is 1.97. The summed E-state index contributed by atoms with van der Waals surface area (Å²) in [6, 6.07) is 7.95. The zero-order chi connectivity index (χ0) is 12.5. The second-order valence-corrected chi connectivity index (χ2v) is 4.64. The number of hydrogen-bond acceptors (Lipinski definition) is 1. The summed E-state index contributed by atoms with van der Waals surface area (Å²) >= 11 is 0. The van der Waals surface area contributed by atoms with Crippen LogP contribution < -0.4 is 0 Å². The highest BCUT2D eigenvalue weighted by atomic mass is 19.1. The van der Waals surface area contributed by atoms with Crippen molar-refractivity contribution >= 4 is 11.9 Å². The third kappa shape index (κ3) is 2.36. The number of rotatable bonds is 2. The van der Waals surface area contributed by atoms with Gasteiger partial charge in [0.1, 0.15) is 12.0 Å². The summed E-state index contributed by atoms with van der Waals surface area (Å²) < 4.78 is 13.9. The summed E-state index contributed by atoms with van der Waals surface area (Å²) in [5.41, 5.74) is 1.49. The lowest BCUT2D eigenvalue weighted by Crippen LogP contribution is -2.29. The van der Waals surface area contributed by atoms with Crippen molar-refractivity contribution in [1.29, 1.82) is 0 Å². The molecule has 0 bridgehead atoms. The maximum atomic E-state index is 13.9. The number of benzene rings is 1. The Bertz CT molecular complexity index is 497. The Morgan fingerprint density at radius 1 is 1.41 bits per heavy atom. The van der Waals surface area contributed by atoms with E-state index in [0.29, 0.717) is 6.29 Å². The van der Waals surface area contributed by atoms with Crippen LogP contribution in [0.25, 0.3) is 5.57 Å². The van der Waals surface area contributed by atoms with Gasteiger partial charge in [-0.25, -0.2) is 4.39 Å². The first-order valence-electron chi connectivity index (χ1n) is 5.65. The van der Waals surface area contributed by atoms with Gasteiger partial charge in [-0.1, -0.05) is 42.0 Å². The van der Waals surface area contributed by atoms with Crippen LogP contribution in [0.1, 0.15) is 18.1 Å². The zero-order valence-corrected chi connectivity index (χ0v) is 9.98. The zero-order valence-electron chi connectivity index (χ0n) is 9.98. The number of halogens is 1. The van der Waals surface area contributed by atoms with E-state index < -0.39 is 11.6 Å². The Hall–Kier alpha value is -1.70. The maximum absolute atomic E-state index is 13.9. The average Bonchev–Trinajstić information content (AvgIpc) is 2.28. The van der Waals surface area contributed by atoms with Crippen LogP contribution in [-0.4, -0.2) is 12.0 Å². The minimum atomic E-state index is -1.57. The summed E-state index contributed by atoms with van der Waals surface area (Å²) in [5.74, 6) is -0.706. The molecule has 0 saturated carbocycles. The lowest BCUT2D eigenvalue weighted by Gasteiger charge is -2.25. The van der Waals surface area contributed by atoms with Crippen LogP contribution in [0.2, 0.25) is 0 Å². The van der Waals surface area contributed by atoms with Gasteiger partial charge in [-0.15, -0.1) is 0 Å². The molecular formula is C15H15FO. The van der Waals surface area contributed by atoms with Crippen LogP contribution in [0.3, 0.4) is 0 Å². The molecule has 0 radical (unpaired) electrons. The van der Waals surface area contributed by atoms with Crippen molar-refractivity contribution in [3.05, 3.63) is 53.6 Å². The van der Waals surface area contributed by atoms with Crippen molar-refractivity contribution in [1.82, 2.24) is 0 Å². The monoisotopic (exact) mass is 230 g/mol. The molecule has 0 N–H and O–H groups in total. The third-order valence-corrected chi connectivity index (χ3v) is 3.10. The van der Waals surface area contributed by atoms with E-state index >= 15 is 0 Å². The first-order valence-corrected chi connectivity index (χ1v) is 5.65. The molecule has 0 amide bonds. The lowest BCUT2D eigenvalue weighted by molar-refractivity contribution is -0.112. The Kier molecular flexibility index (Phi) is 2.97. The second kappa shape index (κ2) is 4.28. The van der Waals surface area contributed by atoms with Gasteiger partial charge in [0.25, 0.3) is 0 Å². The van der Waals surface area contributed by atoms with Gasteiger partial charge in [-0.2, -0.15) is 0 Å². The van der Waals surface area contributed by atoms with E-state index in [2.05, 4.69) is 0 Å². The molecule has 0 heterocycles. The molecular weight excluding hydrogens is 215 g/mol. The van der Waals surface area contributed by atoms with Crippen LogP contribution in [0.5, 0.6) is 0 Å². The van der Waals surface area contributed by atoms with Crippen LogP contribution in [-0.2, 0) is 4.79 Å². The van der Waals surface area contributed by atoms with Crippen molar-refractivity contribution in [2.75, 3.05) is 0 Å². The van der Waals surface area contributed by atoms with Gasteiger partial charge < -0.3 is 4.79 Å². The van der Waals surface area contributed by atoms with Gasteiger partial charge in [0.15, 0.2) is 0 Å². The quantitative estimate of drug-likeness (QED) is 0.711. The lowest BCUT2D eigenvalue weighted by atomic mass is 9.83. The third-order valence-electron chi connectivity index (χ3n) is 3.10. The van der Waals surface area contributed by atoms with Crippen LogP contribution in [0, 0.1) is 12.8 Å². The predicted molar refractivity (Wildman–Crippen MR) is 67.4 cm³/mol. The number of aldehydes is 1. The van der Waals surface area contributed by atoms with E-state index in [1.807, 2.05) is 31.2 Å². The van der Waals surface area contributed by atoms with Gasteiger partial charge in [0.2, 0.25) is 0 Å². The highest BCUT2D eigenvalue weighted by Crippen LogP contribution is 2.33. The minimum Gasteiger partial charge on any atom is -0.303 e. The first kappa shape index (κ1) is 11.8. The molecule has 17 heavy (non-hydrogen) atoms. The van der Waals surface area contributed by atoms with Gasteiger partial charge in [0, 0.05) is 0 Å². The van der Waals surface area contributed by atoms with Crippen molar-refractivity contribution in [2.24, 2.45) is 5.92 Å². The van der Waals surface area contributed by atoms with E-state index in [9.17, 15) is 9.18 Å². The minimum absolute atomic E-state index is 0.666. The van der Waals surface area contributed by atoms with Crippen molar-refractivity contribution in [3.8, 4) is 0 Å². The largest absolute Gasteiger partial charge is 0.303 e. The number of alkyl halides is 1. The molecule has 2 heteroatoms. The SMILES string of the molecule is Cc1cccc(C2=CC(C=O)C(C)(F)C=C2)c1. The standard InChI is InChI=1S/C15H15FO/c1-11-4-3-5-12(8-11)13-6-7-15(2,16)14(9-13)10-17/h3-10,14H,1-2H3. The molecule has 0 spiro atoms. The van der Waals surface area contributed by atoms with Crippen LogP contribution in [0.15, 0.2) is 42.5 Å². The second-order valence-electron chi connectivity index (χ2n) is 4.64. The number of aryl methyl sites for hydroxylation is 1. The van der Waals surface area contributed by atoms with Gasteiger partial charge in [-0.3, -0.25) is 0 Å². The van der Waals surface area contributed by atoms with Crippen molar-refractivity contribution in [3.63, 3.8) is 0 Å². The number of carbonyl (C=O) groups is 1. The summed E-state index contributed by atoms with van der Waals surface area (Å²) in [4.78, 5) is 10.9. The van der Waals surface area contributed by atoms with Crippen LogP contribution >= 0.6 is 0 Å². The molecule has 1 aliphatic carbocycles. The molecule has 2 unspecified atom stereocenters. The average molecular weight is 230 g/mol. The molecule has 0 saturated heterocycles. The summed E-state index contributed by atoms with van der Waals surface area (Å²) in [7, 11) is 0. The van der Waals surface area contributed by atoms with E-state index in [4.69, 9.17) is 0 Å². The Labute approximate surface area is 101 Å². The Morgan fingerprint density at radius 3 is 2.82 bits per heavy atom. The molecule has 1 aromatic rings. The number of hydrogen-bond donors (Lipinski definition) is 0. The van der Waals surface area contributed by atoms with Gasteiger partial charge >= 0.3 is 0 Å². The van der Waals surface area contributed by atoms with Gasteiger partial charge in [0.05, 0.1) is 5.92 Å². The smallest absolute Gasteiger partial charge is 0.139 e. The highest BCUT2D eigenvalue weighted by Gasteiger charge is 2.32. The van der Waals surface area contributed by atoms with E-state index in [1.165, 1.54) is 13.0 Å². The fourth-order valence-corrected chi connectivity index (χ4v) is 1.97. The summed E-state index contributed by atoms with van der Waals surface area (Å²) in [6.45, 7) is 3.43. The molecule has 1 aliphatic rings. The fraction of sp³-hybridized carbons (Fsp3) is 0.267. The molecule has 1 nitrogen and oxygen atoms in total.